The number of anilines is 1. The normalized spacial score (nSPS) is 10.2. The van der Waals surface area contributed by atoms with Gasteiger partial charge < -0.3 is 10.6 Å². The predicted molar refractivity (Wildman–Crippen MR) is 92.6 cm³/mol. The van der Waals surface area contributed by atoms with Crippen LogP contribution in [0.2, 0.25) is 0 Å². The number of carbonyl (C=O) groups excluding carboxylic acids is 2. The molecule has 0 heterocycles. The summed E-state index contributed by atoms with van der Waals surface area (Å²) < 4.78 is 0. The van der Waals surface area contributed by atoms with Crippen molar-refractivity contribution in [1.29, 1.82) is 0 Å². The molecule has 0 fully saturated rings. The molecule has 4 heteroatoms. The molecule has 0 unspecified atom stereocenters. The number of rotatable bonds is 7. The first-order valence-corrected chi connectivity index (χ1v) is 7.72. The number of amides is 1. The highest BCUT2D eigenvalue weighted by molar-refractivity contribution is 5.94. The van der Waals surface area contributed by atoms with E-state index in [9.17, 15) is 9.59 Å². The van der Waals surface area contributed by atoms with Crippen LogP contribution in [-0.2, 0) is 11.3 Å². The summed E-state index contributed by atoms with van der Waals surface area (Å²) in [5, 5.41) is 6.11. The van der Waals surface area contributed by atoms with Crippen LogP contribution in [0.5, 0.6) is 0 Å². The Bertz CT molecular complexity index is 678. The molecule has 0 spiro atoms. The molecule has 0 aromatic heterocycles. The highest BCUT2D eigenvalue weighted by Crippen LogP contribution is 2.10. The SMILES string of the molecule is CC(=O)c1ccc(NCCC(=O)NCc2ccccc2C)cc1. The molecule has 23 heavy (non-hydrogen) atoms. The van der Waals surface area contributed by atoms with Crippen molar-refractivity contribution in [2.24, 2.45) is 0 Å². The van der Waals surface area contributed by atoms with Gasteiger partial charge in [-0.1, -0.05) is 24.3 Å². The van der Waals surface area contributed by atoms with Crippen molar-refractivity contribution in [1.82, 2.24) is 5.32 Å². The fourth-order valence-electron chi connectivity index (χ4n) is 2.23. The zero-order valence-electron chi connectivity index (χ0n) is 13.6. The minimum absolute atomic E-state index is 0.0149. The summed E-state index contributed by atoms with van der Waals surface area (Å²) in [6.45, 7) is 4.69. The molecule has 0 aliphatic heterocycles. The molecule has 0 aliphatic carbocycles. The van der Waals surface area contributed by atoms with Crippen molar-refractivity contribution in [2.75, 3.05) is 11.9 Å². The first-order valence-electron chi connectivity index (χ1n) is 7.72. The van der Waals surface area contributed by atoms with Crippen LogP contribution in [0.3, 0.4) is 0 Å². The Kier molecular flexibility index (Phi) is 5.92. The predicted octanol–water partition coefficient (Wildman–Crippen LogP) is 3.32. The number of hydrogen-bond donors (Lipinski definition) is 2. The van der Waals surface area contributed by atoms with Gasteiger partial charge in [-0.25, -0.2) is 0 Å². The second kappa shape index (κ2) is 8.13. The van der Waals surface area contributed by atoms with E-state index >= 15 is 0 Å². The van der Waals surface area contributed by atoms with Gasteiger partial charge in [0.05, 0.1) is 0 Å². The topological polar surface area (TPSA) is 58.2 Å². The maximum absolute atomic E-state index is 11.9. The van der Waals surface area contributed by atoms with Gasteiger partial charge >= 0.3 is 0 Å². The monoisotopic (exact) mass is 310 g/mol. The molecule has 0 aliphatic rings. The Morgan fingerprint density at radius 3 is 2.35 bits per heavy atom. The Hall–Kier alpha value is -2.62. The van der Waals surface area contributed by atoms with Gasteiger partial charge in [0.25, 0.3) is 0 Å². The Morgan fingerprint density at radius 1 is 1.00 bits per heavy atom. The van der Waals surface area contributed by atoms with Crippen molar-refractivity contribution in [3.8, 4) is 0 Å². The van der Waals surface area contributed by atoms with Gasteiger partial charge in [-0.15, -0.1) is 0 Å². The van der Waals surface area contributed by atoms with E-state index in [0.29, 0.717) is 25.1 Å². The molecule has 2 N–H and O–H groups in total. The standard InChI is InChI=1S/C19H22N2O2/c1-14-5-3-4-6-17(14)13-21-19(23)11-12-20-18-9-7-16(8-10-18)15(2)22/h3-10,20H,11-13H2,1-2H3,(H,21,23). The summed E-state index contributed by atoms with van der Waals surface area (Å²) in [5.74, 6) is 0.0632. The number of ketones is 1. The average molecular weight is 310 g/mol. The maximum atomic E-state index is 11.9. The molecule has 0 atom stereocenters. The Morgan fingerprint density at radius 2 is 1.70 bits per heavy atom. The van der Waals surface area contributed by atoms with E-state index in [-0.39, 0.29) is 11.7 Å². The molecule has 4 nitrogen and oxygen atoms in total. The molecule has 0 saturated carbocycles. The zero-order chi connectivity index (χ0) is 16.7. The van der Waals surface area contributed by atoms with E-state index in [4.69, 9.17) is 0 Å². The van der Waals surface area contributed by atoms with Crippen LogP contribution in [0, 0.1) is 6.92 Å². The second-order valence-electron chi connectivity index (χ2n) is 5.51. The van der Waals surface area contributed by atoms with Gasteiger partial charge in [-0.05, 0) is 49.2 Å². The van der Waals surface area contributed by atoms with Crippen LogP contribution in [0.1, 0.15) is 34.8 Å². The molecular formula is C19H22N2O2. The average Bonchev–Trinajstić information content (AvgIpc) is 2.54. The van der Waals surface area contributed by atoms with E-state index in [2.05, 4.69) is 10.6 Å². The minimum Gasteiger partial charge on any atom is -0.385 e. The van der Waals surface area contributed by atoms with Gasteiger partial charge in [0.2, 0.25) is 5.91 Å². The summed E-state index contributed by atoms with van der Waals surface area (Å²) in [4.78, 5) is 23.1. The van der Waals surface area contributed by atoms with Crippen molar-refractivity contribution < 1.29 is 9.59 Å². The third kappa shape index (κ3) is 5.25. The van der Waals surface area contributed by atoms with Crippen molar-refractivity contribution in [3.05, 3.63) is 65.2 Å². The number of hydrogen-bond acceptors (Lipinski definition) is 3. The molecule has 1 amide bonds. The van der Waals surface area contributed by atoms with E-state index < -0.39 is 0 Å². The fraction of sp³-hybridized carbons (Fsp3) is 0.263. The van der Waals surface area contributed by atoms with Crippen LogP contribution in [0.25, 0.3) is 0 Å². The van der Waals surface area contributed by atoms with Gasteiger partial charge in [-0.2, -0.15) is 0 Å². The fourth-order valence-corrected chi connectivity index (χ4v) is 2.23. The highest BCUT2D eigenvalue weighted by atomic mass is 16.1. The van der Waals surface area contributed by atoms with Crippen LogP contribution in [-0.4, -0.2) is 18.2 Å². The molecule has 0 saturated heterocycles. The summed E-state index contributed by atoms with van der Waals surface area (Å²) >= 11 is 0. The van der Waals surface area contributed by atoms with Crippen LogP contribution in [0.4, 0.5) is 5.69 Å². The van der Waals surface area contributed by atoms with Crippen LogP contribution in [0.15, 0.2) is 48.5 Å². The molecule has 2 rings (SSSR count). The number of carbonyl (C=O) groups is 2. The lowest BCUT2D eigenvalue weighted by Gasteiger charge is -2.09. The van der Waals surface area contributed by atoms with Gasteiger partial charge in [0.15, 0.2) is 5.78 Å². The van der Waals surface area contributed by atoms with E-state index in [1.54, 1.807) is 19.1 Å². The number of Topliss-reactive ketones (excluding diaryl/α,β-unsaturated/α-hetero) is 1. The largest absolute Gasteiger partial charge is 0.385 e. The number of benzene rings is 2. The van der Waals surface area contributed by atoms with Gasteiger partial charge in [0, 0.05) is 30.8 Å². The first kappa shape index (κ1) is 16.7. The minimum atomic E-state index is 0.0149. The van der Waals surface area contributed by atoms with Crippen molar-refractivity contribution >= 4 is 17.4 Å². The summed E-state index contributed by atoms with van der Waals surface area (Å²) in [7, 11) is 0. The Labute approximate surface area is 136 Å². The van der Waals surface area contributed by atoms with Gasteiger partial charge in [0.1, 0.15) is 0 Å². The Balaban J connectivity index is 1.72. The number of aryl methyl sites for hydroxylation is 1. The zero-order valence-corrected chi connectivity index (χ0v) is 13.6. The summed E-state index contributed by atoms with van der Waals surface area (Å²) in [5.41, 5.74) is 3.90. The molecular weight excluding hydrogens is 288 g/mol. The van der Waals surface area contributed by atoms with E-state index in [1.807, 2.05) is 43.3 Å². The lowest BCUT2D eigenvalue weighted by Crippen LogP contribution is -2.25. The third-order valence-electron chi connectivity index (χ3n) is 3.71. The lowest BCUT2D eigenvalue weighted by atomic mass is 10.1. The quantitative estimate of drug-likeness (QED) is 0.771. The second-order valence-corrected chi connectivity index (χ2v) is 5.51. The highest BCUT2D eigenvalue weighted by Gasteiger charge is 2.03. The first-order chi connectivity index (χ1) is 11.1. The lowest BCUT2D eigenvalue weighted by molar-refractivity contribution is -0.121. The molecule has 2 aromatic rings. The third-order valence-corrected chi connectivity index (χ3v) is 3.71. The summed E-state index contributed by atoms with van der Waals surface area (Å²) in [6, 6.07) is 15.3. The molecule has 0 bridgehead atoms. The summed E-state index contributed by atoms with van der Waals surface area (Å²) in [6.07, 6.45) is 0.403. The van der Waals surface area contributed by atoms with E-state index in [0.717, 1.165) is 11.3 Å². The van der Waals surface area contributed by atoms with E-state index in [1.165, 1.54) is 5.56 Å². The molecule has 2 aromatic carbocycles. The number of nitrogens with one attached hydrogen (secondary N) is 2. The maximum Gasteiger partial charge on any atom is 0.222 e. The van der Waals surface area contributed by atoms with Gasteiger partial charge in [-0.3, -0.25) is 9.59 Å². The molecule has 0 radical (unpaired) electrons. The van der Waals surface area contributed by atoms with Crippen LogP contribution < -0.4 is 10.6 Å². The van der Waals surface area contributed by atoms with Crippen LogP contribution >= 0.6 is 0 Å². The van der Waals surface area contributed by atoms with Crippen molar-refractivity contribution in [2.45, 2.75) is 26.8 Å². The smallest absolute Gasteiger partial charge is 0.222 e. The molecule has 120 valence electrons. The van der Waals surface area contributed by atoms with Crippen molar-refractivity contribution in [3.63, 3.8) is 0 Å².